The Hall–Kier alpha value is -3.06. The van der Waals surface area contributed by atoms with Crippen molar-refractivity contribution in [3.8, 4) is 5.75 Å². The van der Waals surface area contributed by atoms with Gasteiger partial charge in [0.2, 0.25) is 0 Å². The van der Waals surface area contributed by atoms with Crippen LogP contribution in [0.3, 0.4) is 0 Å². The van der Waals surface area contributed by atoms with Gasteiger partial charge in [-0.1, -0.05) is 42.5 Å². The number of imide groups is 1. The monoisotopic (exact) mass is 368 g/mol. The molecule has 0 atom stereocenters. The highest BCUT2D eigenvalue weighted by molar-refractivity contribution is 8.18. The number of ether oxygens (including phenoxy) is 1. The number of nitrogens with zero attached hydrogens (tertiary/aromatic N) is 1. The van der Waals surface area contributed by atoms with E-state index in [0.717, 1.165) is 17.3 Å². The van der Waals surface area contributed by atoms with E-state index in [2.05, 4.69) is 0 Å². The van der Waals surface area contributed by atoms with Gasteiger partial charge in [0.15, 0.2) is 6.61 Å². The van der Waals surface area contributed by atoms with Crippen molar-refractivity contribution < 1.29 is 19.1 Å². The van der Waals surface area contributed by atoms with Crippen LogP contribution in [0.5, 0.6) is 5.75 Å². The standard InChI is InChI=1S/C19H16N2O4S/c20-17(22)12-25-15-8-4-7-14(9-15)10-16-18(23)21(19(24)26-16)11-13-5-2-1-3-6-13/h1-10H,11-12H2,(H2,20,22)/b16-10-. The molecule has 1 aliphatic rings. The number of carbonyl (C=O) groups is 3. The summed E-state index contributed by atoms with van der Waals surface area (Å²) >= 11 is 0.904. The minimum atomic E-state index is -0.572. The predicted molar refractivity (Wildman–Crippen MR) is 99.1 cm³/mol. The van der Waals surface area contributed by atoms with Gasteiger partial charge in [0.05, 0.1) is 11.4 Å². The van der Waals surface area contributed by atoms with Crippen molar-refractivity contribution in [1.29, 1.82) is 0 Å². The van der Waals surface area contributed by atoms with E-state index < -0.39 is 5.91 Å². The Morgan fingerprint density at radius 2 is 1.88 bits per heavy atom. The van der Waals surface area contributed by atoms with Crippen LogP contribution in [-0.4, -0.2) is 28.6 Å². The molecule has 132 valence electrons. The summed E-state index contributed by atoms with van der Waals surface area (Å²) in [5, 5.41) is -0.300. The first-order chi connectivity index (χ1) is 12.5. The van der Waals surface area contributed by atoms with Crippen LogP contribution in [0.4, 0.5) is 4.79 Å². The average Bonchev–Trinajstić information content (AvgIpc) is 2.89. The second kappa shape index (κ2) is 7.88. The highest BCUT2D eigenvalue weighted by Crippen LogP contribution is 2.33. The SMILES string of the molecule is NC(=O)COc1cccc(/C=C2\SC(=O)N(Cc3ccccc3)C2=O)c1. The molecule has 3 amide bonds. The maximum absolute atomic E-state index is 12.5. The van der Waals surface area contributed by atoms with E-state index >= 15 is 0 Å². The van der Waals surface area contributed by atoms with Crippen LogP contribution in [0.15, 0.2) is 59.5 Å². The predicted octanol–water partition coefficient (Wildman–Crippen LogP) is 2.79. The molecular weight excluding hydrogens is 352 g/mol. The van der Waals surface area contributed by atoms with Gasteiger partial charge in [-0.3, -0.25) is 19.3 Å². The zero-order valence-electron chi connectivity index (χ0n) is 13.8. The van der Waals surface area contributed by atoms with Gasteiger partial charge in [0.25, 0.3) is 17.1 Å². The first kappa shape index (κ1) is 17.8. The van der Waals surface area contributed by atoms with Crippen molar-refractivity contribution in [3.63, 3.8) is 0 Å². The van der Waals surface area contributed by atoms with E-state index in [-0.39, 0.29) is 24.3 Å². The molecule has 0 bridgehead atoms. The lowest BCUT2D eigenvalue weighted by molar-refractivity contribution is -0.123. The fourth-order valence-electron chi connectivity index (χ4n) is 2.40. The molecule has 0 saturated carbocycles. The van der Waals surface area contributed by atoms with E-state index in [4.69, 9.17) is 10.5 Å². The van der Waals surface area contributed by atoms with Gasteiger partial charge in [0, 0.05) is 0 Å². The topological polar surface area (TPSA) is 89.7 Å². The summed E-state index contributed by atoms with van der Waals surface area (Å²) in [6, 6.07) is 16.2. The molecule has 0 aromatic heterocycles. The molecule has 1 saturated heterocycles. The zero-order chi connectivity index (χ0) is 18.5. The highest BCUT2D eigenvalue weighted by atomic mass is 32.2. The summed E-state index contributed by atoms with van der Waals surface area (Å²) in [7, 11) is 0. The van der Waals surface area contributed by atoms with E-state index in [9.17, 15) is 14.4 Å². The molecule has 6 nitrogen and oxygen atoms in total. The quantitative estimate of drug-likeness (QED) is 0.792. The highest BCUT2D eigenvalue weighted by Gasteiger charge is 2.34. The number of nitrogens with two attached hydrogens (primary N) is 1. The summed E-state index contributed by atoms with van der Waals surface area (Å²) in [5.74, 6) is -0.439. The van der Waals surface area contributed by atoms with E-state index in [1.807, 2.05) is 30.3 Å². The summed E-state index contributed by atoms with van der Waals surface area (Å²) in [5.41, 5.74) is 6.63. The number of hydrogen-bond acceptors (Lipinski definition) is 5. The number of amides is 3. The Bertz CT molecular complexity index is 880. The Morgan fingerprint density at radius 3 is 2.62 bits per heavy atom. The van der Waals surface area contributed by atoms with Gasteiger partial charge >= 0.3 is 0 Å². The molecule has 0 radical (unpaired) electrons. The van der Waals surface area contributed by atoms with E-state index in [1.54, 1.807) is 30.3 Å². The first-order valence-corrected chi connectivity index (χ1v) is 8.65. The Balaban J connectivity index is 1.75. The van der Waals surface area contributed by atoms with E-state index in [1.165, 1.54) is 4.90 Å². The normalized spacial score (nSPS) is 15.5. The fourth-order valence-corrected chi connectivity index (χ4v) is 3.24. The number of carbonyl (C=O) groups excluding carboxylic acids is 3. The Morgan fingerprint density at radius 1 is 1.12 bits per heavy atom. The Labute approximate surface area is 154 Å². The fraction of sp³-hybridized carbons (Fsp3) is 0.105. The molecule has 0 aliphatic carbocycles. The molecule has 1 aliphatic heterocycles. The average molecular weight is 368 g/mol. The molecule has 2 N–H and O–H groups in total. The third-order valence-corrected chi connectivity index (χ3v) is 4.50. The molecule has 0 unspecified atom stereocenters. The van der Waals surface area contributed by atoms with Crippen LogP contribution >= 0.6 is 11.8 Å². The van der Waals surface area contributed by atoms with Crippen molar-refractivity contribution in [1.82, 2.24) is 4.90 Å². The third-order valence-electron chi connectivity index (χ3n) is 3.59. The molecule has 0 spiro atoms. The van der Waals surface area contributed by atoms with Gasteiger partial charge in [-0.25, -0.2) is 0 Å². The number of primary amides is 1. The van der Waals surface area contributed by atoms with Gasteiger partial charge in [0.1, 0.15) is 5.75 Å². The van der Waals surface area contributed by atoms with Crippen LogP contribution in [0.2, 0.25) is 0 Å². The molecule has 7 heteroatoms. The zero-order valence-corrected chi connectivity index (χ0v) is 14.6. The van der Waals surface area contributed by atoms with Crippen LogP contribution in [0.1, 0.15) is 11.1 Å². The first-order valence-electron chi connectivity index (χ1n) is 7.83. The van der Waals surface area contributed by atoms with Crippen molar-refractivity contribution in [3.05, 3.63) is 70.6 Å². The van der Waals surface area contributed by atoms with Gasteiger partial charge < -0.3 is 10.5 Å². The van der Waals surface area contributed by atoms with Crippen molar-refractivity contribution in [2.45, 2.75) is 6.54 Å². The summed E-state index contributed by atoms with van der Waals surface area (Å²) in [6.07, 6.45) is 1.63. The second-order valence-electron chi connectivity index (χ2n) is 5.58. The summed E-state index contributed by atoms with van der Waals surface area (Å²) < 4.78 is 5.25. The van der Waals surface area contributed by atoms with Gasteiger partial charge in [-0.2, -0.15) is 0 Å². The lowest BCUT2D eigenvalue weighted by Crippen LogP contribution is -2.27. The van der Waals surface area contributed by atoms with Crippen LogP contribution in [0, 0.1) is 0 Å². The molecule has 1 fully saturated rings. The van der Waals surface area contributed by atoms with Gasteiger partial charge in [-0.05, 0) is 41.1 Å². The minimum absolute atomic E-state index is 0.225. The van der Waals surface area contributed by atoms with Crippen molar-refractivity contribution in [2.75, 3.05) is 6.61 Å². The van der Waals surface area contributed by atoms with Crippen LogP contribution in [-0.2, 0) is 16.1 Å². The minimum Gasteiger partial charge on any atom is -0.484 e. The van der Waals surface area contributed by atoms with Crippen molar-refractivity contribution >= 4 is 34.9 Å². The molecule has 2 aromatic carbocycles. The number of benzene rings is 2. The Kier molecular flexibility index (Phi) is 5.38. The summed E-state index contributed by atoms with van der Waals surface area (Å²) in [4.78, 5) is 37.1. The number of rotatable bonds is 6. The van der Waals surface area contributed by atoms with E-state index in [0.29, 0.717) is 16.2 Å². The molecule has 3 rings (SSSR count). The second-order valence-corrected chi connectivity index (χ2v) is 6.57. The smallest absolute Gasteiger partial charge is 0.293 e. The van der Waals surface area contributed by atoms with Crippen LogP contribution < -0.4 is 10.5 Å². The lowest BCUT2D eigenvalue weighted by Gasteiger charge is -2.12. The largest absolute Gasteiger partial charge is 0.484 e. The number of hydrogen-bond donors (Lipinski definition) is 1. The molecule has 1 heterocycles. The third kappa shape index (κ3) is 4.31. The molecule has 26 heavy (non-hydrogen) atoms. The lowest BCUT2D eigenvalue weighted by atomic mass is 10.2. The van der Waals surface area contributed by atoms with Gasteiger partial charge in [-0.15, -0.1) is 0 Å². The molecule has 2 aromatic rings. The van der Waals surface area contributed by atoms with Crippen LogP contribution in [0.25, 0.3) is 6.08 Å². The maximum Gasteiger partial charge on any atom is 0.293 e. The maximum atomic E-state index is 12.5. The summed E-state index contributed by atoms with van der Waals surface area (Å²) in [6.45, 7) is 0.0155. The number of thioether (sulfide) groups is 1. The molecular formula is C19H16N2O4S. The van der Waals surface area contributed by atoms with Crippen molar-refractivity contribution in [2.24, 2.45) is 5.73 Å².